The topological polar surface area (TPSA) is 82.1 Å². The second-order valence-electron chi connectivity index (χ2n) is 7.08. The predicted octanol–water partition coefficient (Wildman–Crippen LogP) is 4.94. The molecular formula is C23H19F2N3O3S2. The summed E-state index contributed by atoms with van der Waals surface area (Å²) in [5.74, 6) is -3.03. The highest BCUT2D eigenvalue weighted by Gasteiger charge is 2.21. The van der Waals surface area contributed by atoms with Crippen LogP contribution in [0.5, 0.6) is 0 Å². The molecule has 0 aliphatic rings. The summed E-state index contributed by atoms with van der Waals surface area (Å²) in [6.45, 7) is 3.44. The summed E-state index contributed by atoms with van der Waals surface area (Å²) in [5, 5.41) is 27.8. The first-order valence-electron chi connectivity index (χ1n) is 9.67. The van der Waals surface area contributed by atoms with Gasteiger partial charge in [-0.3, -0.25) is 10.1 Å². The molecule has 2 aromatic carbocycles. The van der Waals surface area contributed by atoms with E-state index in [0.717, 1.165) is 5.56 Å². The van der Waals surface area contributed by atoms with E-state index in [0.29, 0.717) is 27.9 Å². The van der Waals surface area contributed by atoms with Crippen LogP contribution in [0.25, 0.3) is 11.5 Å². The van der Waals surface area contributed by atoms with Crippen LogP contribution in [0.15, 0.2) is 71.9 Å². The Morgan fingerprint density at radius 2 is 1.85 bits per heavy atom. The van der Waals surface area contributed by atoms with Crippen molar-refractivity contribution in [3.05, 3.63) is 93.8 Å². The molecule has 0 bridgehead atoms. The number of nitrogens with zero attached hydrogens (tertiary/aromatic N) is 2. The number of aromatic nitrogens is 1. The van der Waals surface area contributed by atoms with Gasteiger partial charge in [-0.05, 0) is 55.5 Å². The van der Waals surface area contributed by atoms with Crippen LogP contribution in [0.3, 0.4) is 0 Å². The number of anilines is 1. The Morgan fingerprint density at radius 3 is 2.45 bits per heavy atom. The minimum Gasteiger partial charge on any atom is -0.867 e. The molecule has 170 valence electrons. The molecule has 0 unspecified atom stereocenters. The third-order valence-electron chi connectivity index (χ3n) is 4.64. The molecule has 3 aromatic rings. The van der Waals surface area contributed by atoms with Crippen molar-refractivity contribution >= 4 is 51.8 Å². The van der Waals surface area contributed by atoms with E-state index in [1.54, 1.807) is 42.1 Å². The number of nitro groups is 1. The highest BCUT2D eigenvalue weighted by Crippen LogP contribution is 2.27. The zero-order valence-corrected chi connectivity index (χ0v) is 19.3. The van der Waals surface area contributed by atoms with Gasteiger partial charge in [-0.2, -0.15) is 13.3 Å². The number of halogens is 2. The van der Waals surface area contributed by atoms with Crippen molar-refractivity contribution in [2.75, 3.05) is 5.32 Å². The van der Waals surface area contributed by atoms with Crippen molar-refractivity contribution in [3.8, 4) is 0 Å². The second-order valence-corrected chi connectivity index (χ2v) is 8.55. The van der Waals surface area contributed by atoms with Gasteiger partial charge in [0, 0.05) is 33.8 Å². The molecule has 1 aromatic heterocycles. The lowest BCUT2D eigenvalue weighted by Gasteiger charge is -2.17. The maximum Gasteiger partial charge on any atom is 0.288 e. The number of nitro benzene ring substituents is 1. The van der Waals surface area contributed by atoms with E-state index in [-0.39, 0.29) is 21.9 Å². The Morgan fingerprint density at radius 1 is 1.15 bits per heavy atom. The summed E-state index contributed by atoms with van der Waals surface area (Å²) in [7, 11) is 0. The van der Waals surface area contributed by atoms with Crippen molar-refractivity contribution in [2.45, 2.75) is 24.5 Å². The lowest BCUT2D eigenvalue weighted by atomic mass is 10.1. The van der Waals surface area contributed by atoms with E-state index in [2.05, 4.69) is 5.32 Å². The van der Waals surface area contributed by atoms with Crippen LogP contribution in [-0.2, 0) is 0 Å². The molecule has 0 aliphatic carbocycles. The fourth-order valence-corrected chi connectivity index (χ4v) is 3.88. The number of rotatable bonds is 7. The molecular weight excluding hydrogens is 468 g/mol. The van der Waals surface area contributed by atoms with E-state index in [1.165, 1.54) is 30.3 Å². The molecule has 0 fully saturated rings. The van der Waals surface area contributed by atoms with Gasteiger partial charge in [0.25, 0.3) is 11.4 Å². The number of aryl methyl sites for hydroxylation is 2. The molecule has 33 heavy (non-hydrogen) atoms. The van der Waals surface area contributed by atoms with Crippen LogP contribution in [-0.4, -0.2) is 15.7 Å². The molecule has 0 atom stereocenters. The maximum absolute atomic E-state index is 13.5. The lowest BCUT2D eigenvalue weighted by Crippen LogP contribution is -2.40. The standard InChI is InChI=1S/C23H19F2N3O3S2/c1-14-4-3-11-27(13-14)20(21(29)16-6-5-15(2)19(12-16)28(30)31)22(32)26-17-7-9-18(10-8-17)33-23(24)25/h3-13,23H,1-2H3,(H-,26,29,32). The van der Waals surface area contributed by atoms with E-state index < -0.39 is 16.4 Å². The second kappa shape index (κ2) is 10.5. The van der Waals surface area contributed by atoms with E-state index in [9.17, 15) is 24.0 Å². The number of thiocarbonyl (C=S) groups is 1. The summed E-state index contributed by atoms with van der Waals surface area (Å²) in [4.78, 5) is 11.3. The van der Waals surface area contributed by atoms with E-state index in [4.69, 9.17) is 12.2 Å². The van der Waals surface area contributed by atoms with Gasteiger partial charge in [-0.25, -0.2) is 0 Å². The SMILES string of the molecule is Cc1ccc[n+](/C(C(=S)Nc2ccc(SC(F)F)cc2)=C(/[O-])c2ccc(C)c([N+](=O)[O-])c2)c1. The molecule has 0 saturated heterocycles. The van der Waals surface area contributed by atoms with Crippen LogP contribution in [0, 0.1) is 24.0 Å². The van der Waals surface area contributed by atoms with Gasteiger partial charge in [0.2, 0.25) is 5.70 Å². The summed E-state index contributed by atoms with van der Waals surface area (Å²) >= 11 is 5.95. The van der Waals surface area contributed by atoms with Gasteiger partial charge >= 0.3 is 0 Å². The van der Waals surface area contributed by atoms with Gasteiger partial charge in [0.05, 0.1) is 4.92 Å². The number of hydrogen-bond donors (Lipinski definition) is 1. The Hall–Kier alpha value is -3.37. The molecule has 0 spiro atoms. The summed E-state index contributed by atoms with van der Waals surface area (Å²) < 4.78 is 26.7. The van der Waals surface area contributed by atoms with E-state index in [1.807, 2.05) is 13.0 Å². The monoisotopic (exact) mass is 487 g/mol. The molecule has 10 heteroatoms. The predicted molar refractivity (Wildman–Crippen MR) is 127 cm³/mol. The summed E-state index contributed by atoms with van der Waals surface area (Å²) in [5.41, 5.74) is 1.85. The molecule has 6 nitrogen and oxygen atoms in total. The minimum atomic E-state index is -2.53. The smallest absolute Gasteiger partial charge is 0.288 e. The molecule has 1 N–H and O–H groups in total. The normalized spacial score (nSPS) is 11.8. The van der Waals surface area contributed by atoms with Gasteiger partial charge < -0.3 is 10.4 Å². The number of pyridine rings is 1. The average Bonchev–Trinajstić information content (AvgIpc) is 2.75. The Balaban J connectivity index is 2.04. The van der Waals surface area contributed by atoms with Crippen molar-refractivity contribution < 1.29 is 23.4 Å². The fourth-order valence-electron chi connectivity index (χ4n) is 3.06. The summed E-state index contributed by atoms with van der Waals surface area (Å²) in [6, 6.07) is 14.1. The van der Waals surface area contributed by atoms with Gasteiger partial charge in [0.15, 0.2) is 17.4 Å². The van der Waals surface area contributed by atoms with Crippen LogP contribution in [0.2, 0.25) is 0 Å². The Bertz CT molecular complexity index is 1230. The Labute approximate surface area is 198 Å². The molecule has 0 aliphatic heterocycles. The molecule has 0 saturated carbocycles. The van der Waals surface area contributed by atoms with Crippen molar-refractivity contribution in [1.29, 1.82) is 0 Å². The number of nitrogens with one attached hydrogen (secondary N) is 1. The van der Waals surface area contributed by atoms with Gasteiger partial charge in [-0.15, -0.1) is 0 Å². The zero-order valence-electron chi connectivity index (χ0n) is 17.6. The fraction of sp³-hybridized carbons (Fsp3) is 0.130. The van der Waals surface area contributed by atoms with Gasteiger partial charge in [0.1, 0.15) is 0 Å². The number of thioether (sulfide) groups is 1. The Kier molecular flexibility index (Phi) is 7.72. The molecule has 1 heterocycles. The third-order valence-corrected chi connectivity index (χ3v) is 5.66. The maximum atomic E-state index is 13.5. The minimum absolute atomic E-state index is 0.0769. The lowest BCUT2D eigenvalue weighted by molar-refractivity contribution is -0.578. The first kappa shape index (κ1) is 24.3. The average molecular weight is 488 g/mol. The van der Waals surface area contributed by atoms with E-state index >= 15 is 0 Å². The van der Waals surface area contributed by atoms with Crippen LogP contribution in [0.4, 0.5) is 20.2 Å². The number of benzene rings is 2. The highest BCUT2D eigenvalue weighted by atomic mass is 32.2. The molecule has 0 radical (unpaired) electrons. The summed E-state index contributed by atoms with van der Waals surface area (Å²) in [6.07, 6.45) is 3.37. The number of hydrogen-bond acceptors (Lipinski definition) is 5. The molecule has 0 amide bonds. The third kappa shape index (κ3) is 6.11. The zero-order chi connectivity index (χ0) is 24.1. The quantitative estimate of drug-likeness (QED) is 0.0967. The van der Waals surface area contributed by atoms with Crippen LogP contribution >= 0.6 is 24.0 Å². The van der Waals surface area contributed by atoms with Crippen LogP contribution < -0.4 is 15.0 Å². The number of alkyl halides is 2. The highest BCUT2D eigenvalue weighted by molar-refractivity contribution is 7.99. The largest absolute Gasteiger partial charge is 0.867 e. The van der Waals surface area contributed by atoms with Crippen molar-refractivity contribution in [1.82, 2.24) is 0 Å². The first-order valence-corrected chi connectivity index (χ1v) is 11.0. The van der Waals surface area contributed by atoms with Crippen molar-refractivity contribution in [3.63, 3.8) is 0 Å². The van der Waals surface area contributed by atoms with Crippen LogP contribution in [0.1, 0.15) is 16.7 Å². The molecule has 3 rings (SSSR count). The van der Waals surface area contributed by atoms with Crippen molar-refractivity contribution in [2.24, 2.45) is 0 Å². The van der Waals surface area contributed by atoms with Gasteiger partial charge in [-0.1, -0.05) is 36.1 Å². The first-order chi connectivity index (χ1) is 15.7.